The van der Waals surface area contributed by atoms with E-state index in [1.807, 2.05) is 0 Å². The maximum atomic E-state index is 8.58. The van der Waals surface area contributed by atoms with E-state index < -0.39 is 9.05 Å². The Hall–Kier alpha value is 3.12. The monoisotopic (exact) mass is 192 g/mol. The van der Waals surface area contributed by atoms with Gasteiger partial charge in [-0.25, -0.2) is 0 Å². The van der Waals surface area contributed by atoms with E-state index in [-0.39, 0.29) is 0 Å². The van der Waals surface area contributed by atoms with Gasteiger partial charge in [0.05, 0.1) is 0 Å². The van der Waals surface area contributed by atoms with Crippen molar-refractivity contribution in [3.8, 4) is 0 Å². The van der Waals surface area contributed by atoms with Crippen LogP contribution in [0.4, 0.5) is 0 Å². The third-order valence-corrected chi connectivity index (χ3v) is 0. The maximum Gasteiger partial charge on any atom is -0.426 e. The molecule has 0 aliphatic rings. The van der Waals surface area contributed by atoms with E-state index in [1.54, 1.807) is 0 Å². The zero-order valence-corrected chi connectivity index (χ0v) is 12.6. The summed E-state index contributed by atoms with van der Waals surface area (Å²) in [5.41, 5.74) is 0. The third-order valence-electron chi connectivity index (χ3n) is 0. The minimum absolute atomic E-state index is 1.22. The molecule has 0 rings (SSSR count). The molecule has 0 amide bonds. The molecule has 9 heavy (non-hydrogen) atoms. The van der Waals surface area contributed by atoms with Crippen LogP contribution in [0.5, 0.6) is 0 Å². The molecule has 0 radical (unpaired) electrons. The van der Waals surface area contributed by atoms with Gasteiger partial charge in [-0.05, 0) is 0 Å². The molecule has 0 fully saturated rings. The van der Waals surface area contributed by atoms with Gasteiger partial charge in [0.1, 0.15) is 0 Å². The van der Waals surface area contributed by atoms with Crippen molar-refractivity contribution >= 4 is 83.2 Å². The van der Waals surface area contributed by atoms with Crippen LogP contribution >= 0.6 is 0 Å². The molecular formula is Al2Na2O4Si. The maximum absolute atomic E-state index is 8.58. The van der Waals surface area contributed by atoms with Crippen LogP contribution in [0, 0.1) is 0 Å². The standard InChI is InChI=1S/2Al.2Na.O4Si/c;;;;1-5(2,3)4/q2*+2;;;-4. The Labute approximate surface area is 100 Å². The average molecular weight is 192 g/mol. The predicted molar refractivity (Wildman–Crippen MR) is 28.8 cm³/mol. The largest absolute Gasteiger partial charge is 0.894 e. The smallest absolute Gasteiger partial charge is 0.426 e. The Morgan fingerprint density at radius 3 is 0.778 bits per heavy atom. The van der Waals surface area contributed by atoms with E-state index >= 15 is 0 Å². The Bertz CT molecular complexity index is 32.0. The molecule has 4 nitrogen and oxygen atoms in total. The van der Waals surface area contributed by atoms with E-state index in [9.17, 15) is 0 Å². The molecule has 0 saturated carbocycles. The van der Waals surface area contributed by atoms with Crippen LogP contribution in [0.25, 0.3) is 0 Å². The van der Waals surface area contributed by atoms with Crippen LogP contribution in [-0.4, -0.2) is 83.2 Å². The fourth-order valence-corrected chi connectivity index (χ4v) is 0. The SMILES string of the molecule is [Na][Al+2].[Na][Al+2].[O-][Si]([O-])([O-])[O-]. The molecule has 0 bridgehead atoms. The molecule has 0 unspecified atom stereocenters. The van der Waals surface area contributed by atoms with E-state index in [1.165, 1.54) is 50.6 Å². The first-order valence-corrected chi connectivity index (χ1v) is 12.8. The van der Waals surface area contributed by atoms with Crippen LogP contribution in [0.1, 0.15) is 0 Å². The summed E-state index contributed by atoms with van der Waals surface area (Å²) >= 11 is 7.56. The van der Waals surface area contributed by atoms with Gasteiger partial charge >= 0.3 is 74.2 Å². The van der Waals surface area contributed by atoms with Gasteiger partial charge in [-0.3, -0.25) is 0 Å². The second-order valence-corrected chi connectivity index (χ2v) is 1.50. The van der Waals surface area contributed by atoms with Gasteiger partial charge in [-0.15, -0.1) is 0 Å². The average Bonchev–Trinajstić information content (AvgIpc) is 1.72. The van der Waals surface area contributed by atoms with Crippen molar-refractivity contribution in [3.63, 3.8) is 0 Å². The number of hydrogen-bond donors (Lipinski definition) is 0. The first kappa shape index (κ1) is 18.0. The van der Waals surface area contributed by atoms with E-state index in [4.69, 9.17) is 19.2 Å². The summed E-state index contributed by atoms with van der Waals surface area (Å²) in [4.78, 5) is 34.3. The van der Waals surface area contributed by atoms with Gasteiger partial charge in [0.15, 0.2) is 0 Å². The normalized spacial score (nSPS) is 8.44. The molecular weight excluding hydrogens is 192 g/mol. The van der Waals surface area contributed by atoms with Gasteiger partial charge in [-0.1, -0.05) is 0 Å². The molecule has 9 heteroatoms. The summed E-state index contributed by atoms with van der Waals surface area (Å²) in [5.74, 6) is 0. The van der Waals surface area contributed by atoms with Crippen molar-refractivity contribution < 1.29 is 19.2 Å². The zero-order valence-electron chi connectivity index (χ0n) is 5.29. The van der Waals surface area contributed by atoms with Crippen LogP contribution in [0.3, 0.4) is 0 Å². The topological polar surface area (TPSA) is 92.2 Å². The fraction of sp³-hybridized carbons (Fsp3) is 0. The molecule has 0 spiro atoms. The van der Waals surface area contributed by atoms with Crippen molar-refractivity contribution in [1.29, 1.82) is 0 Å². The summed E-state index contributed by atoms with van der Waals surface area (Å²) in [6.45, 7) is 0. The van der Waals surface area contributed by atoms with Gasteiger partial charge in [0, 0.05) is 0 Å². The van der Waals surface area contributed by atoms with Crippen molar-refractivity contribution in [2.24, 2.45) is 0 Å². The Balaban J connectivity index is -0.0000000771. The fourth-order valence-electron chi connectivity index (χ4n) is 0. The van der Waals surface area contributed by atoms with Crippen LogP contribution in [0.15, 0.2) is 0 Å². The molecule has 0 aliphatic carbocycles. The van der Waals surface area contributed by atoms with Gasteiger partial charge in [0.25, 0.3) is 0 Å². The minimum Gasteiger partial charge on any atom is -0.894 e. The molecule has 0 heterocycles. The van der Waals surface area contributed by atoms with Crippen LogP contribution < -0.4 is 19.2 Å². The van der Waals surface area contributed by atoms with Gasteiger partial charge in [0.2, 0.25) is 0 Å². The summed E-state index contributed by atoms with van der Waals surface area (Å²) < 4.78 is 0. The van der Waals surface area contributed by atoms with Crippen LogP contribution in [-0.2, 0) is 0 Å². The molecule has 0 aromatic carbocycles. The summed E-state index contributed by atoms with van der Waals surface area (Å²) in [6.07, 6.45) is 0. The predicted octanol–water partition coefficient (Wildman–Crippen LogP) is -6.66. The second-order valence-electron chi connectivity index (χ2n) is 0.500. The quantitative estimate of drug-likeness (QED) is 0.356. The first-order chi connectivity index (χ1) is 4.00. The molecule has 0 aromatic rings. The summed E-state index contributed by atoms with van der Waals surface area (Å²) in [6, 6.07) is 0. The Morgan fingerprint density at radius 2 is 0.778 bits per heavy atom. The second kappa shape index (κ2) is 13.7. The van der Waals surface area contributed by atoms with E-state index in [2.05, 4.69) is 23.6 Å². The Morgan fingerprint density at radius 1 is 0.778 bits per heavy atom. The number of hydrogen-bond acceptors (Lipinski definition) is 4. The first-order valence-electron chi connectivity index (χ1n) is 1.97. The molecule has 0 atom stereocenters. The molecule has 0 N–H and O–H groups in total. The third kappa shape index (κ3) is 95.0. The van der Waals surface area contributed by atoms with Gasteiger partial charge < -0.3 is 28.2 Å². The van der Waals surface area contributed by atoms with Crippen molar-refractivity contribution in [1.82, 2.24) is 0 Å². The Kier molecular flexibility index (Phi) is 27.4. The zero-order chi connectivity index (χ0) is 8.50. The van der Waals surface area contributed by atoms with E-state index in [0.29, 0.717) is 0 Å². The molecule has 0 aliphatic heterocycles. The minimum atomic E-state index is -5.61. The van der Waals surface area contributed by atoms with Crippen molar-refractivity contribution in [3.05, 3.63) is 0 Å². The molecule has 0 aromatic heterocycles. The van der Waals surface area contributed by atoms with Crippen LogP contribution in [0.2, 0.25) is 0 Å². The molecule has 0 saturated heterocycles. The van der Waals surface area contributed by atoms with Gasteiger partial charge in [-0.2, -0.15) is 0 Å². The van der Waals surface area contributed by atoms with Crippen molar-refractivity contribution in [2.45, 2.75) is 0 Å². The molecule has 36 valence electrons. The number of rotatable bonds is 0. The van der Waals surface area contributed by atoms with Crippen molar-refractivity contribution in [2.75, 3.05) is 0 Å². The summed E-state index contributed by atoms with van der Waals surface area (Å²) in [5, 5.41) is 0. The summed E-state index contributed by atoms with van der Waals surface area (Å²) in [7, 11) is -5.61. The van der Waals surface area contributed by atoms with E-state index in [0.717, 1.165) is 0 Å².